The van der Waals surface area contributed by atoms with Gasteiger partial charge in [-0.3, -0.25) is 0 Å². The molecule has 1 aromatic carbocycles. The summed E-state index contributed by atoms with van der Waals surface area (Å²) in [6.07, 6.45) is 1.17. The second-order valence-corrected chi connectivity index (χ2v) is 4.93. The molecule has 2 atom stereocenters. The third-order valence-corrected chi connectivity index (χ3v) is 3.71. The number of nitrogens with one attached hydrogen (secondary N) is 1. The van der Waals surface area contributed by atoms with Gasteiger partial charge >= 0.3 is 0 Å². The van der Waals surface area contributed by atoms with Gasteiger partial charge in [-0.2, -0.15) is 0 Å². The van der Waals surface area contributed by atoms with E-state index >= 15 is 0 Å². The number of likely N-dealkylation sites (N-methyl/N-ethyl adjacent to an activating group) is 1. The number of hydrogen-bond acceptors (Lipinski definition) is 3. The van der Waals surface area contributed by atoms with Crippen LogP contribution in [0.3, 0.4) is 0 Å². The molecule has 2 rings (SSSR count). The summed E-state index contributed by atoms with van der Waals surface area (Å²) in [6.45, 7) is 3.34. The Morgan fingerprint density at radius 2 is 2.29 bits per heavy atom. The molecule has 0 radical (unpaired) electrons. The van der Waals surface area contributed by atoms with Crippen LogP contribution in [-0.4, -0.2) is 33.8 Å². The molecule has 0 aromatic heterocycles. The van der Waals surface area contributed by atoms with Crippen LogP contribution in [0.4, 0.5) is 5.69 Å². The molecule has 3 nitrogen and oxygen atoms in total. The highest BCUT2D eigenvalue weighted by atomic mass is 16.5. The van der Waals surface area contributed by atoms with Crippen molar-refractivity contribution in [1.82, 2.24) is 5.32 Å². The molecule has 1 aromatic rings. The van der Waals surface area contributed by atoms with E-state index in [2.05, 4.69) is 36.3 Å². The number of rotatable bonds is 4. The van der Waals surface area contributed by atoms with Gasteiger partial charge in [0.2, 0.25) is 0 Å². The number of ether oxygens (including phenoxy) is 1. The molecule has 1 heterocycles. The van der Waals surface area contributed by atoms with Crippen LogP contribution in [0.2, 0.25) is 0 Å². The maximum Gasteiger partial charge on any atom is 0.119 e. The fourth-order valence-electron chi connectivity index (χ4n) is 2.61. The van der Waals surface area contributed by atoms with Crippen molar-refractivity contribution in [2.24, 2.45) is 0 Å². The van der Waals surface area contributed by atoms with E-state index in [1.807, 2.05) is 13.1 Å². The van der Waals surface area contributed by atoms with Gasteiger partial charge in [-0.1, -0.05) is 0 Å². The van der Waals surface area contributed by atoms with E-state index < -0.39 is 0 Å². The minimum atomic E-state index is 0.547. The van der Waals surface area contributed by atoms with Crippen LogP contribution in [0.1, 0.15) is 24.8 Å². The topological polar surface area (TPSA) is 24.5 Å². The summed E-state index contributed by atoms with van der Waals surface area (Å²) in [5, 5.41) is 3.32. The summed E-state index contributed by atoms with van der Waals surface area (Å²) in [5.41, 5.74) is 2.77. The lowest BCUT2D eigenvalue weighted by Crippen LogP contribution is -2.25. The molecule has 3 heteroatoms. The molecule has 1 aliphatic heterocycles. The number of fused-ring (bicyclic) bond motifs is 1. The summed E-state index contributed by atoms with van der Waals surface area (Å²) < 4.78 is 5.32. The molecule has 2 unspecified atom stereocenters. The SMILES string of the molecule is CNC(C)CC1CN(C)c2ccc(OC)cc21. The first kappa shape index (κ1) is 12.2. The minimum Gasteiger partial charge on any atom is -0.497 e. The second kappa shape index (κ2) is 4.96. The van der Waals surface area contributed by atoms with Gasteiger partial charge in [0.1, 0.15) is 5.75 Å². The molecule has 1 N–H and O–H groups in total. The third-order valence-electron chi connectivity index (χ3n) is 3.71. The zero-order valence-electron chi connectivity index (χ0n) is 11.2. The predicted molar refractivity (Wildman–Crippen MR) is 72.1 cm³/mol. The number of methoxy groups -OCH3 is 1. The van der Waals surface area contributed by atoms with Crippen molar-refractivity contribution in [2.75, 3.05) is 32.6 Å². The molecule has 0 bridgehead atoms. The molecule has 0 fully saturated rings. The average Bonchev–Trinajstić information content (AvgIpc) is 2.65. The maximum atomic E-state index is 5.32. The standard InChI is InChI=1S/C14H22N2O/c1-10(15-2)7-11-9-16(3)14-6-5-12(17-4)8-13(11)14/h5-6,8,10-11,15H,7,9H2,1-4H3. The molecular formula is C14H22N2O. The highest BCUT2D eigenvalue weighted by Gasteiger charge is 2.27. The summed E-state index contributed by atoms with van der Waals surface area (Å²) in [4.78, 5) is 2.34. The monoisotopic (exact) mass is 234 g/mol. The zero-order valence-corrected chi connectivity index (χ0v) is 11.2. The lowest BCUT2D eigenvalue weighted by molar-refractivity contribution is 0.413. The van der Waals surface area contributed by atoms with E-state index in [-0.39, 0.29) is 0 Å². The fraction of sp³-hybridized carbons (Fsp3) is 0.571. The number of nitrogens with zero attached hydrogens (tertiary/aromatic N) is 1. The van der Waals surface area contributed by atoms with Crippen LogP contribution in [0.25, 0.3) is 0 Å². The maximum absolute atomic E-state index is 5.32. The first-order chi connectivity index (χ1) is 8.15. The Balaban J connectivity index is 2.24. The van der Waals surface area contributed by atoms with Crippen molar-refractivity contribution in [1.29, 1.82) is 0 Å². The Morgan fingerprint density at radius 1 is 1.53 bits per heavy atom. The predicted octanol–water partition coefficient (Wildman–Crippen LogP) is 2.23. The van der Waals surface area contributed by atoms with E-state index in [1.54, 1.807) is 7.11 Å². The van der Waals surface area contributed by atoms with Crippen molar-refractivity contribution < 1.29 is 4.74 Å². The van der Waals surface area contributed by atoms with Crippen molar-refractivity contribution >= 4 is 5.69 Å². The summed E-state index contributed by atoms with van der Waals surface area (Å²) >= 11 is 0. The molecule has 1 aliphatic rings. The highest BCUT2D eigenvalue weighted by molar-refractivity contribution is 5.61. The summed E-state index contributed by atoms with van der Waals surface area (Å²) in [7, 11) is 5.91. The molecular weight excluding hydrogens is 212 g/mol. The van der Waals surface area contributed by atoms with Gasteiger partial charge in [-0.05, 0) is 44.2 Å². The molecule has 17 heavy (non-hydrogen) atoms. The van der Waals surface area contributed by atoms with Crippen molar-refractivity contribution in [3.8, 4) is 5.75 Å². The van der Waals surface area contributed by atoms with Gasteiger partial charge < -0.3 is 15.0 Å². The van der Waals surface area contributed by atoms with Crippen LogP contribution in [-0.2, 0) is 0 Å². The van der Waals surface area contributed by atoms with Gasteiger partial charge in [0.05, 0.1) is 7.11 Å². The van der Waals surface area contributed by atoms with E-state index in [0.29, 0.717) is 12.0 Å². The Labute approximate surface area is 104 Å². The molecule has 0 amide bonds. The average molecular weight is 234 g/mol. The Bertz CT molecular complexity index is 392. The van der Waals surface area contributed by atoms with Gasteiger partial charge in [0, 0.05) is 31.2 Å². The van der Waals surface area contributed by atoms with Gasteiger partial charge in [-0.25, -0.2) is 0 Å². The quantitative estimate of drug-likeness (QED) is 0.864. The fourth-order valence-corrected chi connectivity index (χ4v) is 2.61. The van der Waals surface area contributed by atoms with Crippen LogP contribution in [0, 0.1) is 0 Å². The second-order valence-electron chi connectivity index (χ2n) is 4.93. The lowest BCUT2D eigenvalue weighted by Gasteiger charge is -2.17. The largest absolute Gasteiger partial charge is 0.497 e. The number of benzene rings is 1. The Hall–Kier alpha value is -1.22. The minimum absolute atomic E-state index is 0.547. The first-order valence-electron chi connectivity index (χ1n) is 6.22. The number of hydrogen-bond donors (Lipinski definition) is 1. The zero-order chi connectivity index (χ0) is 12.4. The third kappa shape index (κ3) is 2.39. The summed E-state index contributed by atoms with van der Waals surface area (Å²) in [6, 6.07) is 6.94. The molecule has 0 spiro atoms. The van der Waals surface area contributed by atoms with Crippen molar-refractivity contribution in [2.45, 2.75) is 25.3 Å². The first-order valence-corrected chi connectivity index (χ1v) is 6.22. The Kier molecular flexibility index (Phi) is 3.57. The van der Waals surface area contributed by atoms with E-state index in [1.165, 1.54) is 17.7 Å². The number of anilines is 1. The van der Waals surface area contributed by atoms with Crippen LogP contribution in [0.5, 0.6) is 5.75 Å². The van der Waals surface area contributed by atoms with Gasteiger partial charge in [-0.15, -0.1) is 0 Å². The smallest absolute Gasteiger partial charge is 0.119 e. The van der Waals surface area contributed by atoms with Crippen LogP contribution in [0.15, 0.2) is 18.2 Å². The van der Waals surface area contributed by atoms with E-state index in [0.717, 1.165) is 12.3 Å². The van der Waals surface area contributed by atoms with Crippen LogP contribution < -0.4 is 15.0 Å². The van der Waals surface area contributed by atoms with Gasteiger partial charge in [0.25, 0.3) is 0 Å². The molecule has 94 valence electrons. The van der Waals surface area contributed by atoms with Crippen LogP contribution >= 0.6 is 0 Å². The molecule has 0 saturated carbocycles. The normalized spacial score (nSPS) is 20.2. The van der Waals surface area contributed by atoms with E-state index in [4.69, 9.17) is 4.74 Å². The Morgan fingerprint density at radius 3 is 2.94 bits per heavy atom. The van der Waals surface area contributed by atoms with Crippen molar-refractivity contribution in [3.05, 3.63) is 23.8 Å². The lowest BCUT2D eigenvalue weighted by atomic mass is 9.94. The summed E-state index contributed by atoms with van der Waals surface area (Å²) in [5.74, 6) is 1.56. The highest BCUT2D eigenvalue weighted by Crippen LogP contribution is 2.39. The van der Waals surface area contributed by atoms with Gasteiger partial charge in [0.15, 0.2) is 0 Å². The molecule has 0 saturated heterocycles. The molecule has 0 aliphatic carbocycles. The van der Waals surface area contributed by atoms with Crippen molar-refractivity contribution in [3.63, 3.8) is 0 Å². The van der Waals surface area contributed by atoms with E-state index in [9.17, 15) is 0 Å².